The monoisotopic (exact) mass is 365 g/mol. The van der Waals surface area contributed by atoms with Crippen molar-refractivity contribution in [3.05, 3.63) is 54.6 Å². The Labute approximate surface area is 144 Å². The lowest BCUT2D eigenvalue weighted by atomic mass is 10.2. The van der Waals surface area contributed by atoms with Crippen molar-refractivity contribution in [1.29, 1.82) is 0 Å². The topological polar surface area (TPSA) is 87.3 Å². The summed E-state index contributed by atoms with van der Waals surface area (Å²) in [5, 5.41) is 7.31. The standard InChI is InChI=1S/C16H10F3N3O4/c17-16(18,19)8-24-13-6-3-11(7-20-13)15(23)26-12-4-1-10(2-5-12)14-22-21-9-25-14/h1-7,9H,8H2. The molecule has 1 aromatic carbocycles. The van der Waals surface area contributed by atoms with E-state index in [-0.39, 0.29) is 17.2 Å². The SMILES string of the molecule is O=C(Oc1ccc(-c2nnco2)cc1)c1ccc(OCC(F)(F)F)nc1. The molecule has 0 aliphatic carbocycles. The maximum atomic E-state index is 12.1. The van der Waals surface area contributed by atoms with Gasteiger partial charge in [0.25, 0.3) is 0 Å². The van der Waals surface area contributed by atoms with E-state index in [9.17, 15) is 18.0 Å². The molecule has 134 valence electrons. The van der Waals surface area contributed by atoms with Crippen molar-refractivity contribution >= 4 is 5.97 Å². The van der Waals surface area contributed by atoms with Crippen LogP contribution >= 0.6 is 0 Å². The van der Waals surface area contributed by atoms with Crippen LogP contribution in [0.15, 0.2) is 53.4 Å². The number of aromatic nitrogens is 3. The van der Waals surface area contributed by atoms with Crippen LogP contribution in [0.25, 0.3) is 11.5 Å². The van der Waals surface area contributed by atoms with Crippen LogP contribution in [-0.2, 0) is 0 Å². The van der Waals surface area contributed by atoms with Gasteiger partial charge >= 0.3 is 12.1 Å². The largest absolute Gasteiger partial charge is 0.468 e. The molecule has 0 aliphatic rings. The van der Waals surface area contributed by atoms with Crippen molar-refractivity contribution in [2.24, 2.45) is 0 Å². The van der Waals surface area contributed by atoms with Crippen molar-refractivity contribution in [3.63, 3.8) is 0 Å². The Morgan fingerprint density at radius 2 is 1.88 bits per heavy atom. The third-order valence-electron chi connectivity index (χ3n) is 3.03. The number of hydrogen-bond acceptors (Lipinski definition) is 7. The Morgan fingerprint density at radius 1 is 1.12 bits per heavy atom. The first-order valence-electron chi connectivity index (χ1n) is 7.15. The molecular weight excluding hydrogens is 355 g/mol. The second kappa shape index (κ2) is 7.21. The smallest absolute Gasteiger partial charge is 0.422 e. The normalized spacial score (nSPS) is 11.2. The van der Waals surface area contributed by atoms with Crippen LogP contribution in [0.1, 0.15) is 10.4 Å². The Bertz CT molecular complexity index is 863. The molecule has 3 rings (SSSR count). The van der Waals surface area contributed by atoms with Gasteiger partial charge < -0.3 is 13.9 Å². The van der Waals surface area contributed by atoms with Gasteiger partial charge in [0, 0.05) is 17.8 Å². The van der Waals surface area contributed by atoms with E-state index in [1.165, 1.54) is 24.6 Å². The van der Waals surface area contributed by atoms with Gasteiger partial charge in [-0.1, -0.05) is 0 Å². The average molecular weight is 365 g/mol. The summed E-state index contributed by atoms with van der Waals surface area (Å²) in [6.07, 6.45) is -2.20. The van der Waals surface area contributed by atoms with E-state index in [1.807, 2.05) is 0 Å². The third kappa shape index (κ3) is 4.56. The number of nitrogens with zero attached hydrogens (tertiary/aromatic N) is 3. The van der Waals surface area contributed by atoms with Crippen molar-refractivity contribution in [2.45, 2.75) is 6.18 Å². The average Bonchev–Trinajstić information content (AvgIpc) is 3.15. The molecule has 10 heteroatoms. The Balaban J connectivity index is 1.61. The van der Waals surface area contributed by atoms with E-state index in [0.29, 0.717) is 11.5 Å². The number of benzene rings is 1. The Kier molecular flexibility index (Phi) is 4.83. The summed E-state index contributed by atoms with van der Waals surface area (Å²) in [6, 6.07) is 8.73. The van der Waals surface area contributed by atoms with Crippen LogP contribution in [-0.4, -0.2) is 33.9 Å². The molecule has 0 saturated heterocycles. The van der Waals surface area contributed by atoms with Crippen LogP contribution in [0.3, 0.4) is 0 Å². The fraction of sp³-hybridized carbons (Fsp3) is 0.125. The van der Waals surface area contributed by atoms with Crippen LogP contribution in [0.4, 0.5) is 13.2 Å². The molecule has 3 aromatic rings. The fourth-order valence-corrected chi connectivity index (χ4v) is 1.87. The summed E-state index contributed by atoms with van der Waals surface area (Å²) >= 11 is 0. The minimum Gasteiger partial charge on any atom is -0.468 e. The van der Waals surface area contributed by atoms with Gasteiger partial charge in [-0.3, -0.25) is 0 Å². The molecule has 0 fully saturated rings. The van der Waals surface area contributed by atoms with E-state index in [2.05, 4.69) is 19.9 Å². The van der Waals surface area contributed by atoms with E-state index < -0.39 is 18.8 Å². The van der Waals surface area contributed by atoms with E-state index in [4.69, 9.17) is 9.15 Å². The van der Waals surface area contributed by atoms with Crippen molar-refractivity contribution in [1.82, 2.24) is 15.2 Å². The number of esters is 1. The molecule has 0 N–H and O–H groups in total. The van der Waals surface area contributed by atoms with Gasteiger partial charge in [0.05, 0.1) is 5.56 Å². The van der Waals surface area contributed by atoms with Crippen molar-refractivity contribution in [3.8, 4) is 23.1 Å². The molecule has 0 aliphatic heterocycles. The molecule has 0 radical (unpaired) electrons. The van der Waals surface area contributed by atoms with E-state index in [1.54, 1.807) is 12.1 Å². The van der Waals surface area contributed by atoms with Crippen LogP contribution in [0.5, 0.6) is 11.6 Å². The molecule has 2 aromatic heterocycles. The number of pyridine rings is 1. The minimum atomic E-state index is -4.47. The first kappa shape index (κ1) is 17.4. The zero-order valence-corrected chi connectivity index (χ0v) is 12.9. The minimum absolute atomic E-state index is 0.0605. The second-order valence-electron chi connectivity index (χ2n) is 4.95. The molecule has 0 saturated carbocycles. The third-order valence-corrected chi connectivity index (χ3v) is 3.03. The molecule has 0 atom stereocenters. The number of alkyl halides is 3. The summed E-state index contributed by atoms with van der Waals surface area (Å²) in [4.78, 5) is 15.7. The lowest BCUT2D eigenvalue weighted by Crippen LogP contribution is -2.19. The highest BCUT2D eigenvalue weighted by Crippen LogP contribution is 2.21. The lowest BCUT2D eigenvalue weighted by molar-refractivity contribution is -0.154. The fourth-order valence-electron chi connectivity index (χ4n) is 1.87. The van der Waals surface area contributed by atoms with Crippen molar-refractivity contribution < 1.29 is 31.9 Å². The van der Waals surface area contributed by atoms with Crippen LogP contribution in [0, 0.1) is 0 Å². The summed E-state index contributed by atoms with van der Waals surface area (Å²) in [5.74, 6) is -0.384. The number of hydrogen-bond donors (Lipinski definition) is 0. The number of halogens is 3. The van der Waals surface area contributed by atoms with Gasteiger partial charge in [-0.25, -0.2) is 9.78 Å². The summed E-state index contributed by atoms with van der Waals surface area (Å²) in [6.45, 7) is -1.46. The maximum Gasteiger partial charge on any atom is 0.422 e. The Morgan fingerprint density at radius 3 is 2.46 bits per heavy atom. The lowest BCUT2D eigenvalue weighted by Gasteiger charge is -2.08. The molecular formula is C16H10F3N3O4. The number of carbonyl (C=O) groups is 1. The van der Waals surface area contributed by atoms with E-state index in [0.717, 1.165) is 12.3 Å². The van der Waals surface area contributed by atoms with E-state index >= 15 is 0 Å². The number of ether oxygens (including phenoxy) is 2. The molecule has 7 nitrogen and oxygen atoms in total. The highest BCUT2D eigenvalue weighted by atomic mass is 19.4. The van der Waals surface area contributed by atoms with Gasteiger partial charge in [-0.05, 0) is 30.3 Å². The summed E-state index contributed by atoms with van der Waals surface area (Å²) in [5.41, 5.74) is 0.709. The Hall–Kier alpha value is -3.43. The first-order chi connectivity index (χ1) is 12.4. The molecule has 0 bridgehead atoms. The van der Waals surface area contributed by atoms with Crippen molar-refractivity contribution in [2.75, 3.05) is 6.61 Å². The highest BCUT2D eigenvalue weighted by Gasteiger charge is 2.28. The van der Waals surface area contributed by atoms with Gasteiger partial charge in [0.2, 0.25) is 18.2 Å². The first-order valence-corrected chi connectivity index (χ1v) is 7.15. The predicted molar refractivity (Wildman–Crippen MR) is 80.5 cm³/mol. The highest BCUT2D eigenvalue weighted by molar-refractivity contribution is 5.90. The van der Waals surface area contributed by atoms with Crippen LogP contribution in [0.2, 0.25) is 0 Å². The molecule has 0 unspecified atom stereocenters. The van der Waals surface area contributed by atoms with Gasteiger partial charge in [-0.2, -0.15) is 13.2 Å². The quantitative estimate of drug-likeness (QED) is 0.506. The zero-order chi connectivity index (χ0) is 18.6. The predicted octanol–water partition coefficient (Wildman–Crippen LogP) is 3.29. The zero-order valence-electron chi connectivity index (χ0n) is 12.9. The summed E-state index contributed by atoms with van der Waals surface area (Å²) in [7, 11) is 0. The number of carbonyl (C=O) groups excluding carboxylic acids is 1. The molecule has 2 heterocycles. The molecule has 0 spiro atoms. The second-order valence-corrected chi connectivity index (χ2v) is 4.95. The molecule has 26 heavy (non-hydrogen) atoms. The summed E-state index contributed by atoms with van der Waals surface area (Å²) < 4.78 is 50.9. The van der Waals surface area contributed by atoms with Gasteiger partial charge in [-0.15, -0.1) is 10.2 Å². The van der Waals surface area contributed by atoms with Crippen LogP contribution < -0.4 is 9.47 Å². The van der Waals surface area contributed by atoms with Gasteiger partial charge in [0.1, 0.15) is 5.75 Å². The number of rotatable bonds is 5. The molecule has 0 amide bonds. The maximum absolute atomic E-state index is 12.1. The van der Waals surface area contributed by atoms with Gasteiger partial charge in [0.15, 0.2) is 6.61 Å².